The minimum absolute atomic E-state index is 0.0354. The van der Waals surface area contributed by atoms with Gasteiger partial charge in [0.2, 0.25) is 0 Å². The molecule has 14 heavy (non-hydrogen) atoms. The van der Waals surface area contributed by atoms with Crippen molar-refractivity contribution in [3.05, 3.63) is 42.2 Å². The molecule has 0 atom stereocenters. The highest BCUT2D eigenvalue weighted by atomic mass is 16.3. The molecule has 0 aliphatic carbocycles. The Morgan fingerprint density at radius 2 is 2.36 bits per heavy atom. The van der Waals surface area contributed by atoms with Crippen LogP contribution in [-0.2, 0) is 6.61 Å². The maximum atomic E-state index is 8.88. The number of pyridine rings is 1. The number of nitrogens with zero attached hydrogens (tertiary/aromatic N) is 3. The zero-order valence-electron chi connectivity index (χ0n) is 7.88. The molecule has 0 amide bonds. The van der Waals surface area contributed by atoms with Gasteiger partial charge in [-0.15, -0.1) is 0 Å². The summed E-state index contributed by atoms with van der Waals surface area (Å²) in [4.78, 5) is 8.08. The van der Waals surface area contributed by atoms with Gasteiger partial charge >= 0.3 is 0 Å². The number of aromatic nitrogens is 3. The summed E-state index contributed by atoms with van der Waals surface area (Å²) >= 11 is 0. The first-order chi connectivity index (χ1) is 6.81. The average molecular weight is 189 g/mol. The molecule has 1 N–H and O–H groups in total. The molecule has 0 saturated heterocycles. The lowest BCUT2D eigenvalue weighted by Gasteiger charge is -2.03. The van der Waals surface area contributed by atoms with Crippen molar-refractivity contribution in [3.8, 4) is 5.69 Å². The predicted octanol–water partition coefficient (Wildman–Crippen LogP) is 1.07. The topological polar surface area (TPSA) is 50.9 Å². The van der Waals surface area contributed by atoms with Gasteiger partial charge in [-0.2, -0.15) is 0 Å². The largest absolute Gasteiger partial charge is 0.390 e. The Labute approximate surface area is 81.9 Å². The fourth-order valence-electron chi connectivity index (χ4n) is 1.30. The highest BCUT2D eigenvalue weighted by molar-refractivity contribution is 5.37. The normalized spacial score (nSPS) is 10.4. The zero-order valence-corrected chi connectivity index (χ0v) is 7.88. The Balaban J connectivity index is 2.44. The van der Waals surface area contributed by atoms with E-state index in [2.05, 4.69) is 9.97 Å². The number of aliphatic hydroxyl groups excluding tert-OH is 1. The molecule has 2 aromatic heterocycles. The number of rotatable bonds is 2. The van der Waals surface area contributed by atoms with Crippen molar-refractivity contribution >= 4 is 0 Å². The van der Waals surface area contributed by atoms with Crippen LogP contribution in [0.25, 0.3) is 5.69 Å². The number of hydrogen-bond donors (Lipinski definition) is 1. The van der Waals surface area contributed by atoms with Crippen LogP contribution in [0.4, 0.5) is 0 Å². The average Bonchev–Trinajstić information content (AvgIpc) is 2.67. The third-order valence-electron chi connectivity index (χ3n) is 2.09. The number of imidazole rings is 1. The standard InChI is InChI=1S/C10H11N3O/c1-8-2-3-11-4-10(8)13-5-9(6-14)12-7-13/h2-5,7,14H,6H2,1H3. The lowest BCUT2D eigenvalue weighted by Crippen LogP contribution is -1.94. The SMILES string of the molecule is Cc1ccncc1-n1cnc(CO)c1. The van der Waals surface area contributed by atoms with Crippen LogP contribution in [0.2, 0.25) is 0 Å². The van der Waals surface area contributed by atoms with E-state index in [1.807, 2.05) is 17.6 Å². The molecule has 72 valence electrons. The number of hydrogen-bond acceptors (Lipinski definition) is 3. The van der Waals surface area contributed by atoms with Crippen molar-refractivity contribution in [1.29, 1.82) is 0 Å². The summed E-state index contributed by atoms with van der Waals surface area (Å²) in [5.74, 6) is 0. The maximum Gasteiger partial charge on any atom is 0.0996 e. The van der Waals surface area contributed by atoms with Crippen LogP contribution in [0.3, 0.4) is 0 Å². The molecule has 0 fully saturated rings. The molecule has 0 aromatic carbocycles. The Kier molecular flexibility index (Phi) is 2.28. The number of aryl methyl sites for hydroxylation is 1. The summed E-state index contributed by atoms with van der Waals surface area (Å²) in [6.07, 6.45) is 7.00. The van der Waals surface area contributed by atoms with Crippen LogP contribution < -0.4 is 0 Å². The molecular weight excluding hydrogens is 178 g/mol. The molecule has 0 aliphatic rings. The van der Waals surface area contributed by atoms with E-state index in [1.54, 1.807) is 24.9 Å². The molecule has 0 spiro atoms. The van der Waals surface area contributed by atoms with E-state index in [0.717, 1.165) is 11.3 Å². The van der Waals surface area contributed by atoms with Crippen molar-refractivity contribution < 1.29 is 5.11 Å². The Hall–Kier alpha value is -1.68. The lowest BCUT2D eigenvalue weighted by atomic mass is 10.2. The molecule has 2 rings (SSSR count). The third-order valence-corrected chi connectivity index (χ3v) is 2.09. The molecule has 2 aromatic rings. The van der Waals surface area contributed by atoms with Gasteiger partial charge in [-0.05, 0) is 18.6 Å². The second kappa shape index (κ2) is 3.59. The second-order valence-electron chi connectivity index (χ2n) is 3.09. The summed E-state index contributed by atoms with van der Waals surface area (Å²) in [6, 6.07) is 1.94. The molecule has 0 radical (unpaired) electrons. The van der Waals surface area contributed by atoms with E-state index in [4.69, 9.17) is 5.11 Å². The predicted molar refractivity (Wildman–Crippen MR) is 52.0 cm³/mol. The van der Waals surface area contributed by atoms with Crippen molar-refractivity contribution in [1.82, 2.24) is 14.5 Å². The van der Waals surface area contributed by atoms with Crippen LogP contribution in [0.1, 0.15) is 11.3 Å². The van der Waals surface area contributed by atoms with Crippen LogP contribution in [0.15, 0.2) is 31.0 Å². The molecule has 0 saturated carbocycles. The molecule has 2 heterocycles. The first-order valence-corrected chi connectivity index (χ1v) is 4.36. The highest BCUT2D eigenvalue weighted by Crippen LogP contribution is 2.11. The van der Waals surface area contributed by atoms with E-state index in [0.29, 0.717) is 5.69 Å². The van der Waals surface area contributed by atoms with Gasteiger partial charge in [-0.1, -0.05) is 0 Å². The van der Waals surface area contributed by atoms with E-state index in [1.165, 1.54) is 0 Å². The number of aliphatic hydroxyl groups is 1. The monoisotopic (exact) mass is 189 g/mol. The highest BCUT2D eigenvalue weighted by Gasteiger charge is 2.01. The second-order valence-corrected chi connectivity index (χ2v) is 3.09. The quantitative estimate of drug-likeness (QED) is 0.768. The fourth-order valence-corrected chi connectivity index (χ4v) is 1.30. The van der Waals surface area contributed by atoms with Crippen LogP contribution in [-0.4, -0.2) is 19.6 Å². The smallest absolute Gasteiger partial charge is 0.0996 e. The first kappa shape index (κ1) is 8.90. The summed E-state index contributed by atoms with van der Waals surface area (Å²) in [6.45, 7) is 1.97. The lowest BCUT2D eigenvalue weighted by molar-refractivity contribution is 0.277. The van der Waals surface area contributed by atoms with E-state index < -0.39 is 0 Å². The third kappa shape index (κ3) is 1.52. The molecule has 0 unspecified atom stereocenters. The van der Waals surface area contributed by atoms with Gasteiger partial charge in [0.15, 0.2) is 0 Å². The van der Waals surface area contributed by atoms with Gasteiger partial charge in [0.25, 0.3) is 0 Å². The van der Waals surface area contributed by atoms with Gasteiger partial charge in [-0.3, -0.25) is 4.98 Å². The molecule has 4 heteroatoms. The first-order valence-electron chi connectivity index (χ1n) is 4.36. The zero-order chi connectivity index (χ0) is 9.97. The minimum atomic E-state index is -0.0354. The van der Waals surface area contributed by atoms with E-state index in [-0.39, 0.29) is 6.61 Å². The maximum absolute atomic E-state index is 8.88. The Morgan fingerprint density at radius 1 is 1.50 bits per heavy atom. The van der Waals surface area contributed by atoms with Crippen molar-refractivity contribution in [3.63, 3.8) is 0 Å². The summed E-state index contributed by atoms with van der Waals surface area (Å²) in [5, 5.41) is 8.88. The van der Waals surface area contributed by atoms with Crippen molar-refractivity contribution in [2.24, 2.45) is 0 Å². The fraction of sp³-hybridized carbons (Fsp3) is 0.200. The van der Waals surface area contributed by atoms with E-state index >= 15 is 0 Å². The van der Waals surface area contributed by atoms with Gasteiger partial charge in [0, 0.05) is 12.4 Å². The molecule has 0 bridgehead atoms. The van der Waals surface area contributed by atoms with Crippen LogP contribution in [0, 0.1) is 6.92 Å². The van der Waals surface area contributed by atoms with Crippen molar-refractivity contribution in [2.45, 2.75) is 13.5 Å². The van der Waals surface area contributed by atoms with Crippen molar-refractivity contribution in [2.75, 3.05) is 0 Å². The molecular formula is C10H11N3O. The van der Waals surface area contributed by atoms with Gasteiger partial charge < -0.3 is 9.67 Å². The minimum Gasteiger partial charge on any atom is -0.390 e. The molecule has 0 aliphatic heterocycles. The summed E-state index contributed by atoms with van der Waals surface area (Å²) in [7, 11) is 0. The van der Waals surface area contributed by atoms with Crippen LogP contribution in [0.5, 0.6) is 0 Å². The van der Waals surface area contributed by atoms with Gasteiger partial charge in [0.05, 0.1) is 30.5 Å². The molecule has 4 nitrogen and oxygen atoms in total. The van der Waals surface area contributed by atoms with E-state index in [9.17, 15) is 0 Å². The Morgan fingerprint density at radius 3 is 3.00 bits per heavy atom. The Bertz CT molecular complexity index is 436. The van der Waals surface area contributed by atoms with Crippen LogP contribution >= 0.6 is 0 Å². The summed E-state index contributed by atoms with van der Waals surface area (Å²) in [5.41, 5.74) is 2.77. The van der Waals surface area contributed by atoms with Gasteiger partial charge in [-0.25, -0.2) is 4.98 Å². The summed E-state index contributed by atoms with van der Waals surface area (Å²) < 4.78 is 1.86. The van der Waals surface area contributed by atoms with Gasteiger partial charge in [0.1, 0.15) is 0 Å².